The van der Waals surface area contributed by atoms with Gasteiger partial charge in [0.15, 0.2) is 0 Å². The van der Waals surface area contributed by atoms with Gasteiger partial charge in [-0.2, -0.15) is 0 Å². The van der Waals surface area contributed by atoms with Crippen molar-refractivity contribution in [2.24, 2.45) is 0 Å². The number of barbiturate groups is 1. The van der Waals surface area contributed by atoms with Crippen molar-refractivity contribution in [3.05, 3.63) is 100 Å². The molecular formula is C24H16ClFN2O4. The molecule has 6 nitrogen and oxygen atoms in total. The highest BCUT2D eigenvalue weighted by atomic mass is 35.5. The number of ether oxygens (including phenoxy) is 1. The zero-order chi connectivity index (χ0) is 22.7. The average Bonchev–Trinajstić information content (AvgIpc) is 2.78. The van der Waals surface area contributed by atoms with E-state index in [-0.39, 0.29) is 23.7 Å². The summed E-state index contributed by atoms with van der Waals surface area (Å²) >= 11 is 5.86. The Morgan fingerprint density at radius 2 is 1.62 bits per heavy atom. The third-order valence-electron chi connectivity index (χ3n) is 4.73. The Labute approximate surface area is 187 Å². The number of rotatable bonds is 5. The number of halogens is 2. The minimum absolute atomic E-state index is 0.0617. The quantitative estimate of drug-likeness (QED) is 0.450. The third-order valence-corrected chi connectivity index (χ3v) is 4.98. The Kier molecular flexibility index (Phi) is 6.00. The second-order valence-corrected chi connectivity index (χ2v) is 7.32. The first kappa shape index (κ1) is 21.3. The number of amides is 4. The zero-order valence-corrected chi connectivity index (χ0v) is 17.3. The van der Waals surface area contributed by atoms with E-state index >= 15 is 0 Å². The van der Waals surface area contributed by atoms with Crippen LogP contribution in [0.2, 0.25) is 5.02 Å². The number of carbonyl (C=O) groups is 3. The molecule has 1 fully saturated rings. The van der Waals surface area contributed by atoms with Crippen LogP contribution < -0.4 is 15.0 Å². The SMILES string of the molecule is O=C1NC(=O)N(c2ccc(Cl)cc2)C(=O)/C1=C\c1ccc(OCc2ccccc2F)cc1. The van der Waals surface area contributed by atoms with E-state index in [1.807, 2.05) is 0 Å². The lowest BCUT2D eigenvalue weighted by atomic mass is 10.1. The van der Waals surface area contributed by atoms with Crippen LogP contribution in [0.4, 0.5) is 14.9 Å². The van der Waals surface area contributed by atoms with E-state index in [1.165, 1.54) is 36.4 Å². The Morgan fingerprint density at radius 1 is 0.938 bits per heavy atom. The van der Waals surface area contributed by atoms with Crippen molar-refractivity contribution in [2.75, 3.05) is 4.90 Å². The molecule has 0 atom stereocenters. The number of imide groups is 2. The maximum Gasteiger partial charge on any atom is 0.335 e. The maximum absolute atomic E-state index is 13.7. The smallest absolute Gasteiger partial charge is 0.335 e. The molecule has 8 heteroatoms. The molecular weight excluding hydrogens is 435 g/mol. The van der Waals surface area contributed by atoms with Crippen LogP contribution >= 0.6 is 11.6 Å². The standard InChI is InChI=1S/C24H16ClFN2O4/c25-17-7-9-18(10-8-17)28-23(30)20(22(29)27-24(28)31)13-15-5-11-19(12-6-15)32-14-16-3-1-2-4-21(16)26/h1-13H,14H2,(H,27,29,31)/b20-13-. The normalized spacial score (nSPS) is 15.1. The molecule has 3 aromatic carbocycles. The van der Waals surface area contributed by atoms with Crippen LogP contribution in [0, 0.1) is 5.82 Å². The first-order valence-electron chi connectivity index (χ1n) is 9.55. The Hall–Kier alpha value is -3.97. The minimum Gasteiger partial charge on any atom is -0.489 e. The summed E-state index contributed by atoms with van der Waals surface area (Å²) < 4.78 is 19.3. The van der Waals surface area contributed by atoms with Crippen LogP contribution in [-0.4, -0.2) is 17.8 Å². The first-order chi connectivity index (χ1) is 15.4. The van der Waals surface area contributed by atoms with Crippen molar-refractivity contribution in [3.63, 3.8) is 0 Å². The number of nitrogens with one attached hydrogen (secondary N) is 1. The van der Waals surface area contributed by atoms with E-state index in [9.17, 15) is 18.8 Å². The van der Waals surface area contributed by atoms with Crippen LogP contribution in [-0.2, 0) is 16.2 Å². The molecule has 0 bridgehead atoms. The van der Waals surface area contributed by atoms with E-state index in [0.717, 1.165) is 4.90 Å². The molecule has 4 amide bonds. The molecule has 0 spiro atoms. The fourth-order valence-corrected chi connectivity index (χ4v) is 3.21. The molecule has 0 unspecified atom stereocenters. The number of urea groups is 1. The summed E-state index contributed by atoms with van der Waals surface area (Å²) in [5.74, 6) is -1.39. The summed E-state index contributed by atoms with van der Waals surface area (Å²) in [6.45, 7) is 0.0617. The van der Waals surface area contributed by atoms with Crippen molar-refractivity contribution in [1.82, 2.24) is 5.32 Å². The highest BCUT2D eigenvalue weighted by molar-refractivity contribution is 6.39. The minimum atomic E-state index is -0.837. The van der Waals surface area contributed by atoms with Crippen molar-refractivity contribution in [2.45, 2.75) is 6.61 Å². The predicted octanol–water partition coefficient (Wildman–Crippen LogP) is 4.72. The van der Waals surface area contributed by atoms with Gasteiger partial charge in [0.1, 0.15) is 23.7 Å². The second kappa shape index (κ2) is 9.03. The average molecular weight is 451 g/mol. The number of anilines is 1. The van der Waals surface area contributed by atoms with Crippen molar-refractivity contribution < 1.29 is 23.5 Å². The molecule has 32 heavy (non-hydrogen) atoms. The van der Waals surface area contributed by atoms with Gasteiger partial charge >= 0.3 is 6.03 Å². The fraction of sp³-hybridized carbons (Fsp3) is 0.0417. The summed E-state index contributed by atoms with van der Waals surface area (Å²) in [5.41, 5.74) is 1.06. The van der Waals surface area contributed by atoms with Gasteiger partial charge in [0.2, 0.25) is 0 Å². The van der Waals surface area contributed by atoms with E-state index < -0.39 is 17.8 Å². The lowest BCUT2D eigenvalue weighted by Gasteiger charge is -2.26. The van der Waals surface area contributed by atoms with Crippen LogP contribution in [0.1, 0.15) is 11.1 Å². The number of benzene rings is 3. The zero-order valence-electron chi connectivity index (χ0n) is 16.5. The molecule has 1 aliphatic rings. The molecule has 1 N–H and O–H groups in total. The van der Waals surface area contributed by atoms with E-state index in [1.54, 1.807) is 42.5 Å². The van der Waals surface area contributed by atoms with Gasteiger partial charge in [-0.15, -0.1) is 0 Å². The summed E-state index contributed by atoms with van der Waals surface area (Å²) in [6.07, 6.45) is 1.38. The highest BCUT2D eigenvalue weighted by Crippen LogP contribution is 2.24. The van der Waals surface area contributed by atoms with Crippen LogP contribution in [0.25, 0.3) is 6.08 Å². The second-order valence-electron chi connectivity index (χ2n) is 6.88. The number of hydrogen-bond acceptors (Lipinski definition) is 4. The number of carbonyl (C=O) groups excluding carboxylic acids is 3. The first-order valence-corrected chi connectivity index (χ1v) is 9.93. The molecule has 1 heterocycles. The van der Waals surface area contributed by atoms with E-state index in [4.69, 9.17) is 16.3 Å². The van der Waals surface area contributed by atoms with Gasteiger partial charge in [-0.1, -0.05) is 41.9 Å². The molecule has 160 valence electrons. The Morgan fingerprint density at radius 3 is 2.31 bits per heavy atom. The van der Waals surface area contributed by atoms with E-state index in [2.05, 4.69) is 5.32 Å². The number of nitrogens with zero attached hydrogens (tertiary/aromatic N) is 1. The Balaban J connectivity index is 1.52. The topological polar surface area (TPSA) is 75.7 Å². The van der Waals surface area contributed by atoms with Gasteiger partial charge in [-0.05, 0) is 54.1 Å². The van der Waals surface area contributed by atoms with Crippen LogP contribution in [0.5, 0.6) is 5.75 Å². The molecule has 1 aliphatic heterocycles. The fourth-order valence-electron chi connectivity index (χ4n) is 3.09. The molecule has 0 aromatic heterocycles. The number of hydrogen-bond donors (Lipinski definition) is 1. The summed E-state index contributed by atoms with van der Waals surface area (Å²) in [5, 5.41) is 2.61. The third kappa shape index (κ3) is 4.53. The summed E-state index contributed by atoms with van der Waals surface area (Å²) in [4.78, 5) is 38.3. The van der Waals surface area contributed by atoms with Crippen molar-refractivity contribution in [1.29, 1.82) is 0 Å². The van der Waals surface area contributed by atoms with Gasteiger partial charge in [0, 0.05) is 10.6 Å². The van der Waals surface area contributed by atoms with Crippen molar-refractivity contribution in [3.8, 4) is 5.75 Å². The lowest BCUT2D eigenvalue weighted by molar-refractivity contribution is -0.122. The van der Waals surface area contributed by atoms with Gasteiger partial charge < -0.3 is 4.74 Å². The molecule has 1 saturated heterocycles. The van der Waals surface area contributed by atoms with Crippen molar-refractivity contribution >= 4 is 41.2 Å². The van der Waals surface area contributed by atoms with Gasteiger partial charge in [-0.3, -0.25) is 14.9 Å². The molecule has 4 rings (SSSR count). The molecule has 3 aromatic rings. The van der Waals surface area contributed by atoms with Crippen LogP contribution in [0.3, 0.4) is 0 Å². The Bertz CT molecular complexity index is 1220. The molecule has 0 saturated carbocycles. The maximum atomic E-state index is 13.7. The summed E-state index contributed by atoms with van der Waals surface area (Å²) in [7, 11) is 0. The monoisotopic (exact) mass is 450 g/mol. The molecule has 0 radical (unpaired) electrons. The van der Waals surface area contributed by atoms with Gasteiger partial charge in [-0.25, -0.2) is 14.1 Å². The largest absolute Gasteiger partial charge is 0.489 e. The predicted molar refractivity (Wildman–Crippen MR) is 118 cm³/mol. The highest BCUT2D eigenvalue weighted by Gasteiger charge is 2.36. The summed E-state index contributed by atoms with van der Waals surface area (Å²) in [6, 6.07) is 18.1. The van der Waals surface area contributed by atoms with Crippen LogP contribution in [0.15, 0.2) is 78.4 Å². The lowest BCUT2D eigenvalue weighted by Crippen LogP contribution is -2.54. The van der Waals surface area contributed by atoms with E-state index in [0.29, 0.717) is 21.9 Å². The van der Waals surface area contributed by atoms with Gasteiger partial charge in [0.05, 0.1) is 5.69 Å². The molecule has 0 aliphatic carbocycles. The van der Waals surface area contributed by atoms with Gasteiger partial charge in [0.25, 0.3) is 11.8 Å².